The van der Waals surface area contributed by atoms with Gasteiger partial charge >= 0.3 is 0 Å². The lowest BCUT2D eigenvalue weighted by atomic mass is 10.2. The summed E-state index contributed by atoms with van der Waals surface area (Å²) in [6.07, 6.45) is 0.924. The number of nitrogens with one attached hydrogen (secondary N) is 1. The fraction of sp³-hybridized carbons (Fsp3) is 0.600. The first kappa shape index (κ1) is 13.6. The third-order valence-electron chi connectivity index (χ3n) is 2.51. The largest absolute Gasteiger partial charge is 0.329 e. The molecule has 1 rings (SSSR count). The smallest absolute Gasteiger partial charge is 0.215 e. The standard InChI is InChI=1S/C10H18N2O2S2/c1-3-9-4-5-15-10(9)7-12-16(13,14)8(2)6-11/h4-5,8,12H,3,6-7,11H2,1-2H3. The van der Waals surface area contributed by atoms with Crippen LogP contribution in [-0.2, 0) is 23.0 Å². The van der Waals surface area contributed by atoms with Crippen molar-refractivity contribution in [2.45, 2.75) is 32.1 Å². The summed E-state index contributed by atoms with van der Waals surface area (Å²) in [5, 5.41) is 1.44. The van der Waals surface area contributed by atoms with Gasteiger partial charge in [-0.05, 0) is 30.4 Å². The normalized spacial score (nSPS) is 13.9. The summed E-state index contributed by atoms with van der Waals surface area (Å²) >= 11 is 1.58. The molecule has 0 aromatic carbocycles. The number of aryl methyl sites for hydroxylation is 1. The molecule has 0 saturated heterocycles. The van der Waals surface area contributed by atoms with Gasteiger partial charge in [-0.25, -0.2) is 13.1 Å². The Bertz CT molecular complexity index is 426. The van der Waals surface area contributed by atoms with E-state index in [1.807, 2.05) is 11.4 Å². The zero-order valence-electron chi connectivity index (χ0n) is 9.56. The first-order valence-corrected chi connectivity index (χ1v) is 7.67. The van der Waals surface area contributed by atoms with E-state index in [0.29, 0.717) is 6.54 Å². The predicted molar refractivity (Wildman–Crippen MR) is 68.0 cm³/mol. The van der Waals surface area contributed by atoms with Crippen LogP contribution in [0.3, 0.4) is 0 Å². The van der Waals surface area contributed by atoms with Crippen molar-refractivity contribution < 1.29 is 8.42 Å². The number of hydrogen-bond donors (Lipinski definition) is 2. The Balaban J connectivity index is 2.65. The molecule has 0 aliphatic heterocycles. The Morgan fingerprint density at radius 3 is 2.81 bits per heavy atom. The molecule has 0 amide bonds. The molecule has 6 heteroatoms. The molecule has 1 unspecified atom stereocenters. The maximum atomic E-state index is 11.7. The second kappa shape index (κ2) is 5.77. The van der Waals surface area contributed by atoms with Crippen molar-refractivity contribution in [1.82, 2.24) is 4.72 Å². The lowest BCUT2D eigenvalue weighted by molar-refractivity contribution is 0.569. The number of nitrogens with two attached hydrogens (primary N) is 1. The van der Waals surface area contributed by atoms with Crippen molar-refractivity contribution in [3.63, 3.8) is 0 Å². The maximum Gasteiger partial charge on any atom is 0.215 e. The van der Waals surface area contributed by atoms with Crippen LogP contribution in [0, 0.1) is 0 Å². The van der Waals surface area contributed by atoms with Crippen LogP contribution in [-0.4, -0.2) is 20.2 Å². The lowest BCUT2D eigenvalue weighted by Crippen LogP contribution is -2.36. The Hall–Kier alpha value is -0.430. The summed E-state index contributed by atoms with van der Waals surface area (Å²) in [7, 11) is -3.28. The minimum absolute atomic E-state index is 0.139. The van der Waals surface area contributed by atoms with Crippen LogP contribution in [0.2, 0.25) is 0 Å². The van der Waals surface area contributed by atoms with Gasteiger partial charge < -0.3 is 5.73 Å². The van der Waals surface area contributed by atoms with Gasteiger partial charge in [-0.1, -0.05) is 6.92 Å². The first-order chi connectivity index (χ1) is 7.51. The second-order valence-electron chi connectivity index (χ2n) is 3.64. The topological polar surface area (TPSA) is 72.2 Å². The number of rotatable bonds is 6. The van der Waals surface area contributed by atoms with E-state index in [9.17, 15) is 8.42 Å². The highest BCUT2D eigenvalue weighted by molar-refractivity contribution is 7.90. The van der Waals surface area contributed by atoms with Gasteiger partial charge in [-0.15, -0.1) is 11.3 Å². The average Bonchev–Trinajstić information content (AvgIpc) is 2.72. The van der Waals surface area contributed by atoms with Crippen LogP contribution in [0.1, 0.15) is 24.3 Å². The third-order valence-corrected chi connectivity index (χ3v) is 5.28. The van der Waals surface area contributed by atoms with Gasteiger partial charge in [0.2, 0.25) is 10.0 Å². The van der Waals surface area contributed by atoms with E-state index in [-0.39, 0.29) is 6.54 Å². The highest BCUT2D eigenvalue weighted by Gasteiger charge is 2.18. The highest BCUT2D eigenvalue weighted by atomic mass is 32.2. The van der Waals surface area contributed by atoms with Crippen LogP contribution in [0.15, 0.2) is 11.4 Å². The molecule has 92 valence electrons. The zero-order valence-corrected chi connectivity index (χ0v) is 11.2. The van der Waals surface area contributed by atoms with Gasteiger partial charge in [0.1, 0.15) is 0 Å². The molecular formula is C10H18N2O2S2. The van der Waals surface area contributed by atoms with Gasteiger partial charge in [0.25, 0.3) is 0 Å². The molecule has 1 heterocycles. The molecule has 4 nitrogen and oxygen atoms in total. The van der Waals surface area contributed by atoms with Crippen LogP contribution >= 0.6 is 11.3 Å². The molecule has 0 fully saturated rings. The Morgan fingerprint density at radius 2 is 2.25 bits per heavy atom. The minimum atomic E-state index is -3.28. The highest BCUT2D eigenvalue weighted by Crippen LogP contribution is 2.17. The summed E-state index contributed by atoms with van der Waals surface area (Å²) in [4.78, 5) is 1.08. The molecule has 0 aliphatic carbocycles. The molecular weight excluding hydrogens is 244 g/mol. The molecule has 16 heavy (non-hydrogen) atoms. The molecule has 1 aromatic heterocycles. The van der Waals surface area contributed by atoms with E-state index < -0.39 is 15.3 Å². The Kier molecular flexibility index (Phi) is 4.91. The molecule has 0 bridgehead atoms. The van der Waals surface area contributed by atoms with E-state index in [4.69, 9.17) is 5.73 Å². The maximum absolute atomic E-state index is 11.7. The van der Waals surface area contributed by atoms with E-state index in [2.05, 4.69) is 11.6 Å². The molecule has 0 radical (unpaired) electrons. The Morgan fingerprint density at radius 1 is 1.56 bits per heavy atom. The van der Waals surface area contributed by atoms with E-state index in [1.54, 1.807) is 18.3 Å². The fourth-order valence-corrected chi connectivity index (χ4v) is 3.16. The van der Waals surface area contributed by atoms with E-state index in [0.717, 1.165) is 11.3 Å². The van der Waals surface area contributed by atoms with E-state index >= 15 is 0 Å². The molecule has 1 aromatic rings. The predicted octanol–water partition coefficient (Wildman–Crippen LogP) is 1.08. The molecule has 0 saturated carbocycles. The summed E-state index contributed by atoms with van der Waals surface area (Å²) in [5.74, 6) is 0. The SMILES string of the molecule is CCc1ccsc1CNS(=O)(=O)C(C)CN. The molecule has 0 spiro atoms. The van der Waals surface area contributed by atoms with Crippen molar-refractivity contribution in [1.29, 1.82) is 0 Å². The van der Waals surface area contributed by atoms with E-state index in [1.165, 1.54) is 5.56 Å². The molecule has 0 aliphatic rings. The van der Waals surface area contributed by atoms with Crippen LogP contribution in [0.5, 0.6) is 0 Å². The van der Waals surface area contributed by atoms with Gasteiger partial charge in [0, 0.05) is 18.0 Å². The summed E-state index contributed by atoms with van der Waals surface area (Å²) in [5.41, 5.74) is 6.55. The number of sulfonamides is 1. The third kappa shape index (κ3) is 3.28. The van der Waals surface area contributed by atoms with Crippen molar-refractivity contribution >= 4 is 21.4 Å². The summed E-state index contributed by atoms with van der Waals surface area (Å²) in [6.45, 7) is 4.17. The van der Waals surface area contributed by atoms with Crippen molar-refractivity contribution in [2.24, 2.45) is 5.73 Å². The van der Waals surface area contributed by atoms with Crippen molar-refractivity contribution in [2.75, 3.05) is 6.54 Å². The minimum Gasteiger partial charge on any atom is -0.329 e. The second-order valence-corrected chi connectivity index (χ2v) is 6.82. The van der Waals surface area contributed by atoms with Gasteiger partial charge in [0.15, 0.2) is 0 Å². The monoisotopic (exact) mass is 262 g/mol. The quantitative estimate of drug-likeness (QED) is 0.805. The molecule has 3 N–H and O–H groups in total. The first-order valence-electron chi connectivity index (χ1n) is 5.25. The average molecular weight is 262 g/mol. The van der Waals surface area contributed by atoms with Crippen molar-refractivity contribution in [3.05, 3.63) is 21.9 Å². The van der Waals surface area contributed by atoms with Crippen molar-refractivity contribution in [3.8, 4) is 0 Å². The van der Waals surface area contributed by atoms with Gasteiger partial charge in [0.05, 0.1) is 5.25 Å². The van der Waals surface area contributed by atoms with Crippen LogP contribution in [0.4, 0.5) is 0 Å². The summed E-state index contributed by atoms with van der Waals surface area (Å²) in [6, 6.07) is 2.03. The van der Waals surface area contributed by atoms with Gasteiger partial charge in [-0.2, -0.15) is 0 Å². The van der Waals surface area contributed by atoms with Crippen LogP contribution in [0.25, 0.3) is 0 Å². The van der Waals surface area contributed by atoms with Gasteiger partial charge in [-0.3, -0.25) is 0 Å². The zero-order chi connectivity index (χ0) is 12.2. The number of thiophene rings is 1. The van der Waals surface area contributed by atoms with Crippen LogP contribution < -0.4 is 10.5 Å². The Labute approximate surface area is 101 Å². The lowest BCUT2D eigenvalue weighted by Gasteiger charge is -2.11. The molecule has 1 atom stereocenters. The fourth-order valence-electron chi connectivity index (χ4n) is 1.27. The summed E-state index contributed by atoms with van der Waals surface area (Å²) < 4.78 is 25.9. The number of hydrogen-bond acceptors (Lipinski definition) is 4.